The van der Waals surface area contributed by atoms with Crippen molar-refractivity contribution in [3.8, 4) is 0 Å². The summed E-state index contributed by atoms with van der Waals surface area (Å²) in [5, 5.41) is 4.59. The minimum atomic E-state index is 0.123. The zero-order chi connectivity index (χ0) is 14.8. The van der Waals surface area contributed by atoms with Gasteiger partial charge in [-0.15, -0.1) is 0 Å². The third kappa shape index (κ3) is 3.56. The first-order chi connectivity index (χ1) is 10.1. The van der Waals surface area contributed by atoms with Gasteiger partial charge in [0.25, 0.3) is 0 Å². The van der Waals surface area contributed by atoms with Gasteiger partial charge in [-0.25, -0.2) is 0 Å². The van der Waals surface area contributed by atoms with Gasteiger partial charge in [-0.2, -0.15) is 5.10 Å². The molecule has 0 bridgehead atoms. The van der Waals surface area contributed by atoms with E-state index in [-0.39, 0.29) is 5.78 Å². The Morgan fingerprint density at radius 3 is 2.86 bits per heavy atom. The van der Waals surface area contributed by atoms with Gasteiger partial charge in [0.15, 0.2) is 5.78 Å². The van der Waals surface area contributed by atoms with E-state index < -0.39 is 0 Å². The molecule has 3 nitrogen and oxygen atoms in total. The molecule has 2 aromatic rings. The van der Waals surface area contributed by atoms with E-state index in [4.69, 9.17) is 0 Å². The number of halogens is 2. The summed E-state index contributed by atoms with van der Waals surface area (Å²) in [6.45, 7) is 0. The summed E-state index contributed by atoms with van der Waals surface area (Å²) in [6, 6.07) is 8.29. The zero-order valence-corrected chi connectivity index (χ0v) is 15.3. The molecule has 0 atom stereocenters. The molecule has 1 fully saturated rings. The first-order valence-corrected chi connectivity index (χ1v) is 9.03. The maximum Gasteiger partial charge on any atom is 0.169 e. The lowest BCUT2D eigenvalue weighted by molar-refractivity contribution is 0.0990. The molecular formula is C16H16BrIN2O. The van der Waals surface area contributed by atoms with Gasteiger partial charge in [-0.1, -0.05) is 28.8 Å². The molecule has 3 rings (SSSR count). The molecule has 1 aliphatic carbocycles. The van der Waals surface area contributed by atoms with Crippen molar-refractivity contribution in [1.82, 2.24) is 9.78 Å². The fourth-order valence-corrected chi connectivity index (χ4v) is 3.81. The van der Waals surface area contributed by atoms with Gasteiger partial charge in [-0.3, -0.25) is 9.48 Å². The van der Waals surface area contributed by atoms with E-state index in [1.54, 1.807) is 0 Å². The maximum atomic E-state index is 12.4. The predicted octanol–water partition coefficient (Wildman–Crippen LogP) is 4.79. The number of rotatable bonds is 4. The van der Waals surface area contributed by atoms with Crippen LogP contribution in [-0.2, 0) is 6.42 Å². The molecule has 0 saturated heterocycles. The summed E-state index contributed by atoms with van der Waals surface area (Å²) in [7, 11) is 0. The van der Waals surface area contributed by atoms with Crippen molar-refractivity contribution in [2.24, 2.45) is 0 Å². The largest absolute Gasteiger partial charge is 0.294 e. The number of carbonyl (C=O) groups is 1. The number of benzene rings is 1. The van der Waals surface area contributed by atoms with Gasteiger partial charge in [0.05, 0.1) is 18.2 Å². The lowest BCUT2D eigenvalue weighted by Gasteiger charge is -2.08. The monoisotopic (exact) mass is 458 g/mol. The molecule has 1 aromatic carbocycles. The molecule has 1 aliphatic rings. The quantitative estimate of drug-likeness (QED) is 0.487. The van der Waals surface area contributed by atoms with Crippen LogP contribution in [0, 0.1) is 3.57 Å². The van der Waals surface area contributed by atoms with Crippen LogP contribution >= 0.6 is 38.5 Å². The number of ketones is 1. The zero-order valence-electron chi connectivity index (χ0n) is 11.6. The third-order valence-electron chi connectivity index (χ3n) is 3.93. The van der Waals surface area contributed by atoms with Crippen molar-refractivity contribution in [2.75, 3.05) is 0 Å². The molecule has 21 heavy (non-hydrogen) atoms. The van der Waals surface area contributed by atoms with Crippen LogP contribution in [0.5, 0.6) is 0 Å². The second-order valence-electron chi connectivity index (χ2n) is 5.45. The van der Waals surface area contributed by atoms with Gasteiger partial charge in [0, 0.05) is 19.8 Å². The lowest BCUT2D eigenvalue weighted by Crippen LogP contribution is -2.09. The van der Waals surface area contributed by atoms with E-state index in [1.165, 1.54) is 25.7 Å². The van der Waals surface area contributed by atoms with Gasteiger partial charge >= 0.3 is 0 Å². The second kappa shape index (κ2) is 6.60. The van der Waals surface area contributed by atoms with E-state index in [9.17, 15) is 4.79 Å². The first-order valence-electron chi connectivity index (χ1n) is 7.16. The van der Waals surface area contributed by atoms with Crippen LogP contribution in [0.2, 0.25) is 0 Å². The molecule has 0 spiro atoms. The van der Waals surface area contributed by atoms with Crippen molar-refractivity contribution in [2.45, 2.75) is 38.1 Å². The highest BCUT2D eigenvalue weighted by molar-refractivity contribution is 14.1. The van der Waals surface area contributed by atoms with Crippen LogP contribution < -0.4 is 0 Å². The Morgan fingerprint density at radius 2 is 2.10 bits per heavy atom. The molecule has 0 amide bonds. The molecule has 0 aliphatic heterocycles. The number of nitrogens with zero attached hydrogens (tertiary/aromatic N) is 2. The molecule has 5 heteroatoms. The Balaban J connectivity index is 1.74. The average molecular weight is 459 g/mol. The van der Waals surface area contributed by atoms with Gasteiger partial charge in [0.1, 0.15) is 0 Å². The number of Topliss-reactive ketones (excluding diaryl/α,β-unsaturated/α-hetero) is 1. The summed E-state index contributed by atoms with van der Waals surface area (Å²) in [4.78, 5) is 12.4. The van der Waals surface area contributed by atoms with Gasteiger partial charge in [-0.05, 0) is 59.7 Å². The molecule has 0 unspecified atom stereocenters. The first kappa shape index (κ1) is 15.2. The molecular weight excluding hydrogens is 443 g/mol. The summed E-state index contributed by atoms with van der Waals surface area (Å²) in [5.41, 5.74) is 1.63. The predicted molar refractivity (Wildman–Crippen MR) is 94.6 cm³/mol. The van der Waals surface area contributed by atoms with Crippen molar-refractivity contribution >= 4 is 44.3 Å². The fraction of sp³-hybridized carbons (Fsp3) is 0.375. The standard InChI is InChI=1S/C16H16BrIN2O/c17-11-5-6-15(18)14(9-11)16(21)10-12-7-8-20(19-12)13-3-1-2-4-13/h5-9,13H,1-4,10H2. The SMILES string of the molecule is O=C(Cc1ccn(C2CCCC2)n1)c1cc(Br)ccc1I. The Kier molecular flexibility index (Phi) is 4.78. The van der Waals surface area contributed by atoms with Crippen LogP contribution in [0.3, 0.4) is 0 Å². The van der Waals surface area contributed by atoms with E-state index in [0.717, 1.165) is 19.3 Å². The normalized spacial score (nSPS) is 15.5. The Hall–Kier alpha value is -0.690. The highest BCUT2D eigenvalue weighted by atomic mass is 127. The minimum absolute atomic E-state index is 0.123. The fourth-order valence-electron chi connectivity index (χ4n) is 2.81. The number of hydrogen-bond donors (Lipinski definition) is 0. The second-order valence-corrected chi connectivity index (χ2v) is 7.53. The Morgan fingerprint density at radius 1 is 1.33 bits per heavy atom. The smallest absolute Gasteiger partial charge is 0.169 e. The van der Waals surface area contributed by atoms with Crippen LogP contribution in [0.1, 0.15) is 47.8 Å². The average Bonchev–Trinajstić information content (AvgIpc) is 3.11. The topological polar surface area (TPSA) is 34.9 Å². The van der Waals surface area contributed by atoms with E-state index >= 15 is 0 Å². The Bertz CT molecular complexity index is 662. The van der Waals surface area contributed by atoms with Crippen LogP contribution in [-0.4, -0.2) is 15.6 Å². The van der Waals surface area contributed by atoms with Crippen LogP contribution in [0.15, 0.2) is 34.9 Å². The number of carbonyl (C=O) groups excluding carboxylic acids is 1. The van der Waals surface area contributed by atoms with Crippen LogP contribution in [0.4, 0.5) is 0 Å². The van der Waals surface area contributed by atoms with Gasteiger partial charge < -0.3 is 0 Å². The van der Waals surface area contributed by atoms with Crippen molar-refractivity contribution in [3.05, 3.63) is 49.8 Å². The highest BCUT2D eigenvalue weighted by Crippen LogP contribution is 2.29. The molecule has 0 N–H and O–H groups in total. The summed E-state index contributed by atoms with van der Waals surface area (Å²) in [5.74, 6) is 0.123. The molecule has 1 aromatic heterocycles. The highest BCUT2D eigenvalue weighted by Gasteiger charge is 2.18. The number of hydrogen-bond acceptors (Lipinski definition) is 2. The van der Waals surface area contributed by atoms with Gasteiger partial charge in [0.2, 0.25) is 0 Å². The van der Waals surface area contributed by atoms with E-state index in [0.29, 0.717) is 12.5 Å². The van der Waals surface area contributed by atoms with Crippen LogP contribution in [0.25, 0.3) is 0 Å². The van der Waals surface area contributed by atoms with E-state index in [1.807, 2.05) is 35.1 Å². The molecule has 0 radical (unpaired) electrons. The number of aromatic nitrogens is 2. The Labute approximate surface area is 146 Å². The van der Waals surface area contributed by atoms with Crippen molar-refractivity contribution in [1.29, 1.82) is 0 Å². The molecule has 110 valence electrons. The van der Waals surface area contributed by atoms with Crippen molar-refractivity contribution in [3.63, 3.8) is 0 Å². The molecule has 1 heterocycles. The maximum absolute atomic E-state index is 12.4. The summed E-state index contributed by atoms with van der Waals surface area (Å²) < 4.78 is 3.96. The third-order valence-corrected chi connectivity index (χ3v) is 5.37. The van der Waals surface area contributed by atoms with Crippen molar-refractivity contribution < 1.29 is 4.79 Å². The summed E-state index contributed by atoms with van der Waals surface area (Å²) in [6.07, 6.45) is 7.37. The lowest BCUT2D eigenvalue weighted by atomic mass is 10.1. The summed E-state index contributed by atoms with van der Waals surface area (Å²) >= 11 is 5.63. The minimum Gasteiger partial charge on any atom is -0.294 e. The molecule has 1 saturated carbocycles. The van der Waals surface area contributed by atoms with E-state index in [2.05, 4.69) is 43.6 Å².